The van der Waals surface area contributed by atoms with Gasteiger partial charge >= 0.3 is 0 Å². The highest BCUT2D eigenvalue weighted by Gasteiger charge is 2.41. The van der Waals surface area contributed by atoms with Crippen molar-refractivity contribution in [3.05, 3.63) is 152 Å². The number of anilines is 3. The zero-order valence-corrected chi connectivity index (χ0v) is 27.5. The van der Waals surface area contributed by atoms with Crippen molar-refractivity contribution in [1.82, 2.24) is 9.97 Å². The molecule has 9 aromatic rings. The molecule has 1 aromatic heterocycles. The van der Waals surface area contributed by atoms with Crippen LogP contribution in [0.1, 0.15) is 0 Å². The van der Waals surface area contributed by atoms with Crippen molar-refractivity contribution in [2.24, 2.45) is 0 Å². The molecule has 0 saturated carbocycles. The van der Waals surface area contributed by atoms with Crippen LogP contribution in [0.2, 0.25) is 0 Å². The van der Waals surface area contributed by atoms with Crippen LogP contribution in [0.25, 0.3) is 66.1 Å². The molecule has 6 nitrogen and oxygen atoms in total. The van der Waals surface area contributed by atoms with Crippen LogP contribution in [0.15, 0.2) is 152 Å². The van der Waals surface area contributed by atoms with E-state index in [0.717, 1.165) is 107 Å². The molecule has 12 rings (SSSR count). The Labute approximate surface area is 297 Å². The number of aromatic nitrogens is 2. The number of rotatable bonds is 3. The van der Waals surface area contributed by atoms with Gasteiger partial charge in [-0.2, -0.15) is 0 Å². The van der Waals surface area contributed by atoms with Gasteiger partial charge in [-0.25, -0.2) is 4.98 Å². The summed E-state index contributed by atoms with van der Waals surface area (Å²) in [6.45, 7) is 0. The van der Waals surface area contributed by atoms with Gasteiger partial charge in [0.2, 0.25) is 0 Å². The Kier molecular flexibility index (Phi) is 5.41. The molecule has 0 atom stereocenters. The maximum absolute atomic E-state index is 6.56. The summed E-state index contributed by atoms with van der Waals surface area (Å²) in [7, 11) is 0. The van der Waals surface area contributed by atoms with Crippen molar-refractivity contribution < 1.29 is 14.2 Å². The van der Waals surface area contributed by atoms with Crippen LogP contribution in [0.5, 0.6) is 34.5 Å². The normalized spacial score (nSPS) is 13.0. The summed E-state index contributed by atoms with van der Waals surface area (Å²) in [5.74, 6) is 4.49. The van der Waals surface area contributed by atoms with Gasteiger partial charge in [0.25, 0.3) is 0 Å². The molecular formula is C46H25N3O3. The van der Waals surface area contributed by atoms with Gasteiger partial charge in [0.15, 0.2) is 34.5 Å². The maximum Gasteiger partial charge on any atom is 0.156 e. The number of fused-ring (bicyclic) bond motifs is 6. The second-order valence-corrected chi connectivity index (χ2v) is 13.4. The minimum atomic E-state index is 0.738. The monoisotopic (exact) mass is 667 g/mol. The molecule has 8 aromatic carbocycles. The molecule has 0 radical (unpaired) electrons. The fourth-order valence-corrected chi connectivity index (χ4v) is 8.09. The first-order chi connectivity index (χ1) is 25.7. The third kappa shape index (κ3) is 3.83. The second-order valence-electron chi connectivity index (χ2n) is 13.4. The highest BCUT2D eigenvalue weighted by molar-refractivity contribution is 6.23. The van der Waals surface area contributed by atoms with E-state index in [-0.39, 0.29) is 0 Å². The van der Waals surface area contributed by atoms with Gasteiger partial charge in [0.1, 0.15) is 17.1 Å². The quantitative estimate of drug-likeness (QED) is 0.175. The molecule has 3 aliphatic heterocycles. The molecule has 0 bridgehead atoms. The fourth-order valence-electron chi connectivity index (χ4n) is 8.09. The van der Waals surface area contributed by atoms with Crippen molar-refractivity contribution in [3.63, 3.8) is 0 Å². The van der Waals surface area contributed by atoms with Crippen LogP contribution in [0, 0.1) is 0 Å². The molecule has 0 spiro atoms. The van der Waals surface area contributed by atoms with Gasteiger partial charge in [0.05, 0.1) is 22.9 Å². The smallest absolute Gasteiger partial charge is 0.156 e. The molecule has 3 aliphatic rings. The Hall–Kier alpha value is -7.18. The molecule has 52 heavy (non-hydrogen) atoms. The number of hydrogen-bond acceptors (Lipinski definition) is 6. The topological polar surface area (TPSA) is 56.7 Å². The molecule has 0 fully saturated rings. The van der Waals surface area contributed by atoms with E-state index in [1.165, 1.54) is 10.8 Å². The summed E-state index contributed by atoms with van der Waals surface area (Å²) >= 11 is 0. The largest absolute Gasteiger partial charge is 0.453 e. The summed E-state index contributed by atoms with van der Waals surface area (Å²) in [5, 5.41) is 4.59. The summed E-state index contributed by atoms with van der Waals surface area (Å²) < 4.78 is 19.4. The molecular weight excluding hydrogens is 643 g/mol. The summed E-state index contributed by atoms with van der Waals surface area (Å²) in [4.78, 5) is 12.5. The van der Waals surface area contributed by atoms with Gasteiger partial charge < -0.3 is 14.2 Å². The third-order valence-corrected chi connectivity index (χ3v) is 10.4. The fraction of sp³-hybridized carbons (Fsp3) is 0. The average molecular weight is 668 g/mol. The van der Waals surface area contributed by atoms with E-state index < -0.39 is 0 Å². The lowest BCUT2D eigenvalue weighted by atomic mass is 9.96. The Morgan fingerprint density at radius 1 is 0.365 bits per heavy atom. The Bertz CT molecular complexity index is 2910. The predicted octanol–water partition coefficient (Wildman–Crippen LogP) is 12.7. The number of benzene rings is 8. The summed E-state index contributed by atoms with van der Waals surface area (Å²) in [6.07, 6.45) is 1.90. The van der Waals surface area contributed by atoms with Crippen molar-refractivity contribution in [2.45, 2.75) is 0 Å². The van der Waals surface area contributed by atoms with E-state index in [1.807, 2.05) is 42.6 Å². The van der Waals surface area contributed by atoms with E-state index in [2.05, 4.69) is 114 Å². The minimum absolute atomic E-state index is 0.738. The lowest BCUT2D eigenvalue weighted by Crippen LogP contribution is -2.23. The Morgan fingerprint density at radius 2 is 0.808 bits per heavy atom. The number of nitrogens with zero attached hydrogens (tertiary/aromatic N) is 3. The van der Waals surface area contributed by atoms with Gasteiger partial charge in [-0.3, -0.25) is 9.88 Å². The molecule has 0 aliphatic carbocycles. The van der Waals surface area contributed by atoms with Crippen molar-refractivity contribution >= 4 is 49.6 Å². The van der Waals surface area contributed by atoms with Crippen LogP contribution in [-0.4, -0.2) is 9.97 Å². The number of ether oxygens (including phenoxy) is 3. The standard InChI is InChI=1S/C46H25N3O3/c1-3-15-33-31(13-1)32-14-2-4-16-34(32)43-42(33)47-25-35(48-43)29-12-6-10-27(22-29)26-9-5-11-28(21-26)30-23-40-46-41(24-30)52-39-20-8-18-37-45(39)49(46)44-36(50-37)17-7-19-38(44)51-40/h1-25H. The first-order valence-electron chi connectivity index (χ1n) is 17.3. The highest BCUT2D eigenvalue weighted by atomic mass is 16.5. The van der Waals surface area contributed by atoms with Crippen molar-refractivity contribution in [2.75, 3.05) is 4.90 Å². The average Bonchev–Trinajstić information content (AvgIpc) is 3.21. The van der Waals surface area contributed by atoms with Crippen LogP contribution in [-0.2, 0) is 0 Å². The van der Waals surface area contributed by atoms with Gasteiger partial charge in [0, 0.05) is 16.3 Å². The highest BCUT2D eigenvalue weighted by Crippen LogP contribution is 2.66. The Balaban J connectivity index is 0.954. The molecule has 6 heteroatoms. The first kappa shape index (κ1) is 27.6. The van der Waals surface area contributed by atoms with E-state index in [0.29, 0.717) is 0 Å². The molecule has 0 unspecified atom stereocenters. The molecule has 0 amide bonds. The number of hydrogen-bond donors (Lipinski definition) is 0. The second kappa shape index (κ2) is 10.2. The first-order valence-corrected chi connectivity index (χ1v) is 17.3. The van der Waals surface area contributed by atoms with E-state index in [4.69, 9.17) is 24.2 Å². The Morgan fingerprint density at radius 3 is 1.40 bits per heavy atom. The van der Waals surface area contributed by atoms with Crippen LogP contribution in [0.4, 0.5) is 17.1 Å². The SMILES string of the molecule is c1cc(-c2cccc(-c3cnc4c5ccccc5c5ccccc5c4n3)c2)cc(-c2cc3c4c(c2)Oc2cccc5c2N4c2c(cccc2O3)O5)c1. The lowest BCUT2D eigenvalue weighted by Gasteiger charge is -2.41. The van der Waals surface area contributed by atoms with E-state index in [1.54, 1.807) is 0 Å². The molecule has 0 saturated heterocycles. The van der Waals surface area contributed by atoms with Crippen LogP contribution < -0.4 is 19.1 Å². The van der Waals surface area contributed by atoms with Gasteiger partial charge in [-0.1, -0.05) is 97.1 Å². The van der Waals surface area contributed by atoms with Crippen LogP contribution in [0.3, 0.4) is 0 Å². The zero-order chi connectivity index (χ0) is 33.9. The lowest BCUT2D eigenvalue weighted by molar-refractivity contribution is 0.418. The molecule has 0 N–H and O–H groups in total. The third-order valence-electron chi connectivity index (χ3n) is 10.4. The van der Waals surface area contributed by atoms with Crippen LogP contribution >= 0.6 is 0 Å². The zero-order valence-electron chi connectivity index (χ0n) is 27.5. The summed E-state index contributed by atoms with van der Waals surface area (Å²) in [5.41, 5.74) is 10.6. The van der Waals surface area contributed by atoms with Crippen molar-refractivity contribution in [3.8, 4) is 68.0 Å². The minimum Gasteiger partial charge on any atom is -0.453 e. The summed E-state index contributed by atoms with van der Waals surface area (Å²) in [6, 6.07) is 50.1. The van der Waals surface area contributed by atoms with Gasteiger partial charge in [-0.15, -0.1) is 0 Å². The predicted molar refractivity (Wildman–Crippen MR) is 206 cm³/mol. The van der Waals surface area contributed by atoms with Gasteiger partial charge in [-0.05, 0) is 81.6 Å². The maximum atomic E-state index is 6.56. The number of para-hydroxylation sites is 2. The van der Waals surface area contributed by atoms with E-state index in [9.17, 15) is 0 Å². The van der Waals surface area contributed by atoms with E-state index >= 15 is 0 Å². The molecule has 242 valence electrons. The van der Waals surface area contributed by atoms with Crippen molar-refractivity contribution in [1.29, 1.82) is 0 Å². The molecule has 4 heterocycles.